The van der Waals surface area contributed by atoms with Crippen molar-refractivity contribution in [3.05, 3.63) is 56.6 Å². The van der Waals surface area contributed by atoms with Crippen molar-refractivity contribution in [3.8, 4) is 5.69 Å². The third-order valence-corrected chi connectivity index (χ3v) is 3.67. The fourth-order valence-electron chi connectivity index (χ4n) is 1.95. The standard InChI is InChI=1S/C13H8FIN2S/c14-8-4-5-11-12(6-8)17(13(18)16-11)10-3-1-2-9(15)7-10/h1-7H,(H,16,18). The molecule has 0 amide bonds. The fourth-order valence-corrected chi connectivity index (χ4v) is 2.79. The first kappa shape index (κ1) is 11.9. The van der Waals surface area contributed by atoms with Crippen molar-refractivity contribution in [1.29, 1.82) is 0 Å². The van der Waals surface area contributed by atoms with E-state index in [9.17, 15) is 4.39 Å². The average Bonchev–Trinajstić information content (AvgIpc) is 2.64. The van der Waals surface area contributed by atoms with Gasteiger partial charge in [0.2, 0.25) is 0 Å². The minimum Gasteiger partial charge on any atom is -0.330 e. The molecule has 5 heteroatoms. The maximum absolute atomic E-state index is 13.4. The zero-order valence-electron chi connectivity index (χ0n) is 9.15. The van der Waals surface area contributed by atoms with Gasteiger partial charge in [-0.25, -0.2) is 4.39 Å². The van der Waals surface area contributed by atoms with Crippen molar-refractivity contribution in [2.24, 2.45) is 0 Å². The molecule has 0 radical (unpaired) electrons. The highest BCUT2D eigenvalue weighted by atomic mass is 127. The van der Waals surface area contributed by atoms with Gasteiger partial charge in [0, 0.05) is 15.3 Å². The minimum absolute atomic E-state index is 0.268. The van der Waals surface area contributed by atoms with Gasteiger partial charge in [-0.05, 0) is 65.1 Å². The highest BCUT2D eigenvalue weighted by molar-refractivity contribution is 14.1. The highest BCUT2D eigenvalue weighted by Gasteiger charge is 2.07. The second-order valence-corrected chi connectivity index (χ2v) is 5.54. The topological polar surface area (TPSA) is 20.7 Å². The first-order valence-corrected chi connectivity index (χ1v) is 6.80. The van der Waals surface area contributed by atoms with Crippen molar-refractivity contribution in [2.75, 3.05) is 0 Å². The number of imidazole rings is 1. The molecule has 0 atom stereocenters. The van der Waals surface area contributed by atoms with Crippen LogP contribution in [0.15, 0.2) is 42.5 Å². The summed E-state index contributed by atoms with van der Waals surface area (Å²) >= 11 is 7.54. The van der Waals surface area contributed by atoms with E-state index in [1.165, 1.54) is 12.1 Å². The SMILES string of the molecule is Fc1ccc2[nH]c(=S)n(-c3cccc(I)c3)c2c1. The van der Waals surface area contributed by atoms with Gasteiger partial charge in [0.25, 0.3) is 0 Å². The summed E-state index contributed by atoms with van der Waals surface area (Å²) in [6.45, 7) is 0. The Labute approximate surface area is 122 Å². The van der Waals surface area contributed by atoms with E-state index in [1.54, 1.807) is 6.07 Å². The second kappa shape index (κ2) is 4.47. The van der Waals surface area contributed by atoms with Gasteiger partial charge in [-0.3, -0.25) is 4.57 Å². The van der Waals surface area contributed by atoms with E-state index in [-0.39, 0.29) is 5.82 Å². The van der Waals surface area contributed by atoms with Gasteiger partial charge in [0.1, 0.15) is 5.82 Å². The van der Waals surface area contributed by atoms with Crippen molar-refractivity contribution < 1.29 is 4.39 Å². The third-order valence-electron chi connectivity index (χ3n) is 2.71. The Balaban J connectivity index is 2.38. The summed E-state index contributed by atoms with van der Waals surface area (Å²) < 4.78 is 16.9. The van der Waals surface area contributed by atoms with Gasteiger partial charge in [0.15, 0.2) is 4.77 Å². The molecule has 2 aromatic carbocycles. The lowest BCUT2D eigenvalue weighted by Gasteiger charge is -2.04. The van der Waals surface area contributed by atoms with E-state index in [2.05, 4.69) is 27.6 Å². The molecule has 0 saturated carbocycles. The van der Waals surface area contributed by atoms with Crippen molar-refractivity contribution >= 4 is 45.8 Å². The fraction of sp³-hybridized carbons (Fsp3) is 0. The van der Waals surface area contributed by atoms with E-state index in [0.29, 0.717) is 4.77 Å². The van der Waals surface area contributed by atoms with Crippen molar-refractivity contribution in [1.82, 2.24) is 9.55 Å². The molecule has 3 aromatic rings. The first-order valence-electron chi connectivity index (χ1n) is 5.31. The monoisotopic (exact) mass is 370 g/mol. The van der Waals surface area contributed by atoms with Crippen LogP contribution in [0.2, 0.25) is 0 Å². The lowest BCUT2D eigenvalue weighted by molar-refractivity contribution is 0.629. The summed E-state index contributed by atoms with van der Waals surface area (Å²) in [6, 6.07) is 12.5. The van der Waals surface area contributed by atoms with E-state index in [1.807, 2.05) is 28.8 Å². The van der Waals surface area contributed by atoms with E-state index in [4.69, 9.17) is 12.2 Å². The van der Waals surface area contributed by atoms with Gasteiger partial charge in [-0.15, -0.1) is 0 Å². The number of aromatic nitrogens is 2. The van der Waals surface area contributed by atoms with Crippen LogP contribution in [0.5, 0.6) is 0 Å². The molecule has 0 spiro atoms. The van der Waals surface area contributed by atoms with E-state index >= 15 is 0 Å². The predicted octanol–water partition coefficient (Wildman–Crippen LogP) is 4.43. The summed E-state index contributed by atoms with van der Waals surface area (Å²) in [6.07, 6.45) is 0. The summed E-state index contributed by atoms with van der Waals surface area (Å²) in [5.41, 5.74) is 2.52. The molecule has 3 rings (SSSR count). The molecule has 0 aliphatic rings. The summed E-state index contributed by atoms with van der Waals surface area (Å²) in [7, 11) is 0. The van der Waals surface area contributed by atoms with E-state index in [0.717, 1.165) is 20.3 Å². The van der Waals surface area contributed by atoms with Crippen LogP contribution in [0.25, 0.3) is 16.7 Å². The zero-order valence-corrected chi connectivity index (χ0v) is 12.1. The number of nitrogens with one attached hydrogen (secondary N) is 1. The number of hydrogen-bond acceptors (Lipinski definition) is 1. The Morgan fingerprint density at radius 1 is 1.17 bits per heavy atom. The van der Waals surface area contributed by atoms with Crippen LogP contribution in [-0.4, -0.2) is 9.55 Å². The number of H-pyrrole nitrogens is 1. The maximum atomic E-state index is 13.4. The largest absolute Gasteiger partial charge is 0.330 e. The number of halogens is 2. The molecule has 0 fully saturated rings. The summed E-state index contributed by atoms with van der Waals surface area (Å²) in [5, 5.41) is 0. The van der Waals surface area contributed by atoms with Gasteiger partial charge in [0.05, 0.1) is 11.0 Å². The molecule has 0 unspecified atom stereocenters. The molecule has 2 nitrogen and oxygen atoms in total. The lowest BCUT2D eigenvalue weighted by Crippen LogP contribution is -1.94. The molecule has 0 bridgehead atoms. The number of hydrogen-bond donors (Lipinski definition) is 1. The van der Waals surface area contributed by atoms with Gasteiger partial charge < -0.3 is 4.98 Å². The molecule has 90 valence electrons. The van der Waals surface area contributed by atoms with Crippen LogP contribution >= 0.6 is 34.8 Å². The number of fused-ring (bicyclic) bond motifs is 1. The molecular weight excluding hydrogens is 362 g/mol. The van der Waals surface area contributed by atoms with Crippen LogP contribution in [0.4, 0.5) is 4.39 Å². The predicted molar refractivity (Wildman–Crippen MR) is 81.1 cm³/mol. The number of benzene rings is 2. The smallest absolute Gasteiger partial charge is 0.182 e. The third kappa shape index (κ3) is 1.97. The van der Waals surface area contributed by atoms with E-state index < -0.39 is 0 Å². The van der Waals surface area contributed by atoms with Crippen molar-refractivity contribution in [3.63, 3.8) is 0 Å². The molecule has 0 aliphatic heterocycles. The Morgan fingerprint density at radius 3 is 2.78 bits per heavy atom. The van der Waals surface area contributed by atoms with Crippen LogP contribution < -0.4 is 0 Å². The van der Waals surface area contributed by atoms with Crippen LogP contribution in [-0.2, 0) is 0 Å². The van der Waals surface area contributed by atoms with Gasteiger partial charge in [-0.2, -0.15) is 0 Å². The first-order chi connectivity index (χ1) is 8.65. The molecule has 0 saturated heterocycles. The molecular formula is C13H8FIN2S. The Kier molecular flexibility index (Phi) is 2.95. The molecule has 18 heavy (non-hydrogen) atoms. The molecule has 1 heterocycles. The highest BCUT2D eigenvalue weighted by Crippen LogP contribution is 2.21. The number of rotatable bonds is 1. The quantitative estimate of drug-likeness (QED) is 0.497. The lowest BCUT2D eigenvalue weighted by atomic mass is 10.3. The average molecular weight is 370 g/mol. The van der Waals surface area contributed by atoms with Crippen molar-refractivity contribution in [2.45, 2.75) is 0 Å². The van der Waals surface area contributed by atoms with Gasteiger partial charge in [-0.1, -0.05) is 6.07 Å². The van der Waals surface area contributed by atoms with Gasteiger partial charge >= 0.3 is 0 Å². The summed E-state index contributed by atoms with van der Waals surface area (Å²) in [4.78, 5) is 3.08. The Morgan fingerprint density at radius 2 is 2.00 bits per heavy atom. The van der Waals surface area contributed by atoms with Crippen LogP contribution in [0.3, 0.4) is 0 Å². The van der Waals surface area contributed by atoms with Crippen LogP contribution in [0, 0.1) is 14.2 Å². The molecule has 1 N–H and O–H groups in total. The maximum Gasteiger partial charge on any atom is 0.182 e. The zero-order chi connectivity index (χ0) is 12.7. The number of aromatic amines is 1. The van der Waals surface area contributed by atoms with Crippen LogP contribution in [0.1, 0.15) is 0 Å². The number of nitrogens with zero attached hydrogens (tertiary/aromatic N) is 1. The minimum atomic E-state index is -0.268. The normalized spacial score (nSPS) is 11.0. The summed E-state index contributed by atoms with van der Waals surface area (Å²) in [5.74, 6) is -0.268. The molecule has 0 aliphatic carbocycles. The Hall–Kier alpha value is -1.21. The second-order valence-electron chi connectivity index (χ2n) is 3.91. The Bertz CT molecular complexity index is 791. The molecule has 1 aromatic heterocycles.